The second kappa shape index (κ2) is 5.58. The quantitative estimate of drug-likeness (QED) is 0.844. The lowest BCUT2D eigenvalue weighted by Gasteiger charge is -2.31. The number of aliphatic hydroxyl groups excluding tert-OH is 2. The summed E-state index contributed by atoms with van der Waals surface area (Å²) in [6.45, 7) is 3.41. The summed E-state index contributed by atoms with van der Waals surface area (Å²) < 4.78 is 1.15. The Morgan fingerprint density at radius 2 is 1.74 bits per heavy atom. The summed E-state index contributed by atoms with van der Waals surface area (Å²) >= 11 is 1.56. The molecule has 1 aromatic carbocycles. The lowest BCUT2D eigenvalue weighted by Crippen LogP contribution is -2.38. The molecule has 0 spiro atoms. The maximum Gasteiger partial charge on any atom is 0.264 e. The molecule has 1 aromatic heterocycles. The van der Waals surface area contributed by atoms with E-state index >= 15 is 0 Å². The molecule has 1 aliphatic carbocycles. The smallest absolute Gasteiger partial charge is 0.264 e. The third-order valence-corrected chi connectivity index (χ3v) is 6.70. The molecule has 0 radical (unpaired) electrons. The van der Waals surface area contributed by atoms with Gasteiger partial charge in [-0.2, -0.15) is 0 Å². The second-order valence-electron chi connectivity index (χ2n) is 6.89. The molecule has 1 saturated carbocycles. The summed E-state index contributed by atoms with van der Waals surface area (Å²) in [5.41, 5.74) is 1.06. The van der Waals surface area contributed by atoms with Gasteiger partial charge >= 0.3 is 0 Å². The first-order valence-electron chi connectivity index (χ1n) is 8.18. The van der Waals surface area contributed by atoms with E-state index in [9.17, 15) is 15.0 Å². The van der Waals surface area contributed by atoms with Crippen LogP contribution in [-0.2, 0) is 0 Å². The minimum atomic E-state index is -0.641. The number of hydrogen-bond donors (Lipinski definition) is 2. The number of fused-ring (bicyclic) bond motifs is 2. The van der Waals surface area contributed by atoms with Crippen LogP contribution in [0.25, 0.3) is 10.1 Å². The van der Waals surface area contributed by atoms with Crippen molar-refractivity contribution >= 4 is 27.3 Å². The lowest BCUT2D eigenvalue weighted by atomic mass is 9.79. The van der Waals surface area contributed by atoms with Crippen molar-refractivity contribution in [2.75, 3.05) is 13.1 Å². The zero-order chi connectivity index (χ0) is 16.1. The Balaban J connectivity index is 1.59. The van der Waals surface area contributed by atoms with E-state index in [0.29, 0.717) is 37.8 Å². The molecular formula is C18H21NO3S. The minimum Gasteiger partial charge on any atom is -0.390 e. The number of likely N-dealkylation sites (tertiary alicyclic amines) is 1. The fraction of sp³-hybridized carbons (Fsp3) is 0.500. The van der Waals surface area contributed by atoms with Gasteiger partial charge in [-0.3, -0.25) is 4.79 Å². The largest absolute Gasteiger partial charge is 0.390 e. The van der Waals surface area contributed by atoms with Crippen LogP contribution in [0.3, 0.4) is 0 Å². The molecule has 1 aliphatic heterocycles. The van der Waals surface area contributed by atoms with E-state index in [1.165, 1.54) is 0 Å². The Bertz CT molecular complexity index is 738. The number of rotatable bonds is 1. The molecular weight excluding hydrogens is 310 g/mol. The standard InChI is InChI=1S/C18H21NO3S/c1-10-13-4-2-3-5-16(13)23-17(10)18(22)19-8-11-6-14(20)15(21)7-12(11)9-19/h2-5,11-12,14-15,20-21H,6-9H2,1H3/t11-,12+,14+,15-. The average Bonchev–Trinajstić information content (AvgIpc) is 3.09. The van der Waals surface area contributed by atoms with Crippen LogP contribution < -0.4 is 0 Å². The van der Waals surface area contributed by atoms with Gasteiger partial charge in [0, 0.05) is 17.8 Å². The third-order valence-electron chi connectivity index (χ3n) is 5.43. The Kier molecular flexibility index (Phi) is 3.67. The predicted octanol–water partition coefficient (Wildman–Crippen LogP) is 2.41. The van der Waals surface area contributed by atoms with Crippen molar-refractivity contribution in [2.45, 2.75) is 32.0 Å². The number of aliphatic hydroxyl groups is 2. The molecule has 4 atom stereocenters. The third kappa shape index (κ3) is 2.47. The lowest BCUT2D eigenvalue weighted by molar-refractivity contribution is -0.0372. The number of thiophene rings is 1. The van der Waals surface area contributed by atoms with Crippen LogP contribution in [0, 0.1) is 18.8 Å². The minimum absolute atomic E-state index is 0.0991. The highest BCUT2D eigenvalue weighted by Gasteiger charge is 2.42. The van der Waals surface area contributed by atoms with Gasteiger partial charge in [-0.15, -0.1) is 11.3 Å². The van der Waals surface area contributed by atoms with Crippen LogP contribution in [-0.4, -0.2) is 46.3 Å². The molecule has 4 rings (SSSR count). The van der Waals surface area contributed by atoms with Crippen molar-refractivity contribution in [1.82, 2.24) is 4.90 Å². The molecule has 1 amide bonds. The predicted molar refractivity (Wildman–Crippen MR) is 90.7 cm³/mol. The van der Waals surface area contributed by atoms with Gasteiger partial charge in [0.2, 0.25) is 0 Å². The SMILES string of the molecule is Cc1c(C(=O)N2C[C@H]3C[C@H](O)[C@H](O)C[C@H]3C2)sc2ccccc12. The summed E-state index contributed by atoms with van der Waals surface area (Å²) in [4.78, 5) is 15.7. The first-order chi connectivity index (χ1) is 11.0. The van der Waals surface area contributed by atoms with Crippen molar-refractivity contribution in [1.29, 1.82) is 0 Å². The highest BCUT2D eigenvalue weighted by molar-refractivity contribution is 7.21. The van der Waals surface area contributed by atoms with Gasteiger partial charge in [-0.1, -0.05) is 18.2 Å². The molecule has 2 heterocycles. The van der Waals surface area contributed by atoms with Crippen LogP contribution in [0.5, 0.6) is 0 Å². The summed E-state index contributed by atoms with van der Waals surface area (Å²) in [6.07, 6.45) is -0.0862. The summed E-state index contributed by atoms with van der Waals surface area (Å²) in [6, 6.07) is 8.12. The maximum atomic E-state index is 13.0. The fourth-order valence-corrected chi connectivity index (χ4v) is 5.27. The number of carbonyl (C=O) groups excluding carboxylic acids is 1. The van der Waals surface area contributed by atoms with E-state index in [0.717, 1.165) is 20.5 Å². The number of benzene rings is 1. The molecule has 2 aromatic rings. The molecule has 0 bridgehead atoms. The van der Waals surface area contributed by atoms with Crippen molar-refractivity contribution < 1.29 is 15.0 Å². The second-order valence-corrected chi connectivity index (χ2v) is 7.94. The molecule has 1 saturated heterocycles. The fourth-order valence-electron chi connectivity index (χ4n) is 4.10. The van der Waals surface area contributed by atoms with Crippen LogP contribution in [0.4, 0.5) is 0 Å². The van der Waals surface area contributed by atoms with Gasteiger partial charge in [0.1, 0.15) is 0 Å². The van der Waals surface area contributed by atoms with E-state index in [1.807, 2.05) is 24.0 Å². The number of nitrogens with zero attached hydrogens (tertiary/aromatic N) is 1. The van der Waals surface area contributed by atoms with Crippen molar-refractivity contribution in [3.8, 4) is 0 Å². The first-order valence-corrected chi connectivity index (χ1v) is 8.99. The van der Waals surface area contributed by atoms with E-state index in [1.54, 1.807) is 11.3 Å². The van der Waals surface area contributed by atoms with Crippen LogP contribution in [0.2, 0.25) is 0 Å². The van der Waals surface area contributed by atoms with E-state index in [-0.39, 0.29) is 5.91 Å². The molecule has 122 valence electrons. The van der Waals surface area contributed by atoms with Crippen molar-refractivity contribution in [3.63, 3.8) is 0 Å². The van der Waals surface area contributed by atoms with Gasteiger partial charge in [-0.05, 0) is 48.6 Å². The number of carbonyl (C=O) groups is 1. The summed E-state index contributed by atoms with van der Waals surface area (Å²) in [7, 11) is 0. The maximum absolute atomic E-state index is 13.0. The van der Waals surface area contributed by atoms with Gasteiger partial charge in [0.05, 0.1) is 17.1 Å². The number of hydrogen-bond acceptors (Lipinski definition) is 4. The Labute approximate surface area is 139 Å². The first kappa shape index (κ1) is 15.1. The Morgan fingerprint density at radius 1 is 1.13 bits per heavy atom. The van der Waals surface area contributed by atoms with Gasteiger partial charge in [0.25, 0.3) is 5.91 Å². The topological polar surface area (TPSA) is 60.8 Å². The van der Waals surface area contributed by atoms with Gasteiger partial charge in [0.15, 0.2) is 0 Å². The highest BCUT2D eigenvalue weighted by atomic mass is 32.1. The van der Waals surface area contributed by atoms with Gasteiger partial charge in [-0.25, -0.2) is 0 Å². The van der Waals surface area contributed by atoms with Crippen molar-refractivity contribution in [2.24, 2.45) is 11.8 Å². The van der Waals surface area contributed by atoms with Crippen LogP contribution in [0.15, 0.2) is 24.3 Å². The molecule has 4 nitrogen and oxygen atoms in total. The van der Waals surface area contributed by atoms with Crippen molar-refractivity contribution in [3.05, 3.63) is 34.7 Å². The Morgan fingerprint density at radius 3 is 2.35 bits per heavy atom. The monoisotopic (exact) mass is 331 g/mol. The molecule has 5 heteroatoms. The molecule has 2 N–H and O–H groups in total. The normalized spacial score (nSPS) is 30.7. The van der Waals surface area contributed by atoms with E-state index in [4.69, 9.17) is 0 Å². The molecule has 23 heavy (non-hydrogen) atoms. The summed E-state index contributed by atoms with van der Waals surface area (Å²) in [5.74, 6) is 0.723. The van der Waals surface area contributed by atoms with Gasteiger partial charge < -0.3 is 15.1 Å². The number of amides is 1. The molecule has 0 unspecified atom stereocenters. The van der Waals surface area contributed by atoms with Crippen LogP contribution in [0.1, 0.15) is 28.1 Å². The number of aryl methyl sites for hydroxylation is 1. The Hall–Kier alpha value is -1.43. The summed E-state index contributed by atoms with van der Waals surface area (Å²) in [5, 5.41) is 20.9. The van der Waals surface area contributed by atoms with E-state index in [2.05, 4.69) is 12.1 Å². The highest BCUT2D eigenvalue weighted by Crippen LogP contribution is 2.38. The molecule has 2 fully saturated rings. The zero-order valence-electron chi connectivity index (χ0n) is 13.1. The molecule has 2 aliphatic rings. The van der Waals surface area contributed by atoms with E-state index < -0.39 is 12.2 Å². The van der Waals surface area contributed by atoms with Crippen LogP contribution >= 0.6 is 11.3 Å². The average molecular weight is 331 g/mol. The zero-order valence-corrected chi connectivity index (χ0v) is 13.9.